The number of fused-ring (bicyclic) bond motifs is 2. The zero-order valence-corrected chi connectivity index (χ0v) is 10.4. The van der Waals surface area contributed by atoms with E-state index in [9.17, 15) is 10.1 Å². The van der Waals surface area contributed by atoms with Gasteiger partial charge in [-0.2, -0.15) is 5.26 Å². The maximum Gasteiger partial charge on any atom is 0.224 e. The summed E-state index contributed by atoms with van der Waals surface area (Å²) in [6.45, 7) is 1.12. The number of rotatable bonds is 2. The Labute approximate surface area is 107 Å². The topological polar surface area (TPSA) is 62.1 Å². The van der Waals surface area contributed by atoms with Gasteiger partial charge in [-0.25, -0.2) is 0 Å². The van der Waals surface area contributed by atoms with Gasteiger partial charge in [-0.15, -0.1) is 0 Å². The number of nitrogens with zero attached hydrogens (tertiary/aromatic N) is 1. The molecule has 3 aliphatic rings. The van der Waals surface area contributed by atoms with E-state index >= 15 is 0 Å². The van der Waals surface area contributed by atoms with Crippen LogP contribution in [0.5, 0.6) is 0 Å². The summed E-state index contributed by atoms with van der Waals surface area (Å²) in [7, 11) is 0. The molecule has 3 rings (SSSR count). The number of hydrogen-bond acceptors (Lipinski definition) is 3. The van der Waals surface area contributed by atoms with Crippen molar-refractivity contribution in [1.82, 2.24) is 5.32 Å². The highest BCUT2D eigenvalue weighted by atomic mass is 16.5. The summed E-state index contributed by atoms with van der Waals surface area (Å²) in [5.41, 5.74) is -0.694. The van der Waals surface area contributed by atoms with Gasteiger partial charge in [-0.05, 0) is 24.7 Å². The Morgan fingerprint density at radius 1 is 1.33 bits per heavy atom. The average Bonchev–Trinajstić information content (AvgIpc) is 3.02. The van der Waals surface area contributed by atoms with Crippen LogP contribution in [0.3, 0.4) is 0 Å². The van der Waals surface area contributed by atoms with Crippen molar-refractivity contribution in [2.75, 3.05) is 13.2 Å². The molecule has 0 radical (unpaired) electrons. The van der Waals surface area contributed by atoms with Crippen LogP contribution in [0.1, 0.15) is 25.7 Å². The van der Waals surface area contributed by atoms with Crippen molar-refractivity contribution in [3.05, 3.63) is 12.2 Å². The van der Waals surface area contributed by atoms with Crippen LogP contribution < -0.4 is 5.32 Å². The molecular weight excluding hydrogens is 228 g/mol. The van der Waals surface area contributed by atoms with Crippen LogP contribution in [-0.2, 0) is 9.53 Å². The maximum absolute atomic E-state index is 12.3. The molecule has 1 saturated carbocycles. The summed E-state index contributed by atoms with van der Waals surface area (Å²) in [6, 6.07) is 2.29. The number of nitriles is 1. The first-order valence-electron chi connectivity index (χ1n) is 6.72. The predicted molar refractivity (Wildman–Crippen MR) is 65.4 cm³/mol. The number of carbonyl (C=O) groups is 1. The van der Waals surface area contributed by atoms with Gasteiger partial charge in [0.1, 0.15) is 5.54 Å². The Hall–Kier alpha value is -1.34. The van der Waals surface area contributed by atoms with Crippen molar-refractivity contribution >= 4 is 5.91 Å². The molecule has 18 heavy (non-hydrogen) atoms. The molecule has 0 aromatic heterocycles. The lowest BCUT2D eigenvalue weighted by atomic mass is 9.88. The Morgan fingerprint density at radius 2 is 2.11 bits per heavy atom. The third kappa shape index (κ3) is 1.93. The average molecular weight is 246 g/mol. The number of ether oxygens (including phenoxy) is 1. The van der Waals surface area contributed by atoms with Gasteiger partial charge in [-0.1, -0.05) is 12.2 Å². The zero-order valence-electron chi connectivity index (χ0n) is 10.4. The lowest BCUT2D eigenvalue weighted by molar-refractivity contribution is -0.128. The summed E-state index contributed by atoms with van der Waals surface area (Å²) >= 11 is 0. The zero-order chi connectivity index (χ0) is 12.6. The standard InChI is InChI=1S/C14H18N2O2/c15-9-14(3-5-18-6-4-14)16-13(17)12-8-10-1-2-11(12)7-10/h1-2,10-12H,3-8H2,(H,16,17)/t10-,11+,12+/m0/s1. The molecule has 1 N–H and O–H groups in total. The van der Waals surface area contributed by atoms with Gasteiger partial charge in [0, 0.05) is 32.0 Å². The number of nitrogens with one attached hydrogen (secondary N) is 1. The first kappa shape index (κ1) is 11.7. The molecule has 2 fully saturated rings. The van der Waals surface area contributed by atoms with E-state index in [1.54, 1.807) is 0 Å². The molecule has 2 aliphatic carbocycles. The van der Waals surface area contributed by atoms with Gasteiger partial charge in [0.25, 0.3) is 0 Å². The van der Waals surface area contributed by atoms with Crippen molar-refractivity contribution in [3.8, 4) is 6.07 Å². The number of hydrogen-bond donors (Lipinski definition) is 1. The molecule has 2 bridgehead atoms. The van der Waals surface area contributed by atoms with E-state index in [2.05, 4.69) is 23.5 Å². The van der Waals surface area contributed by atoms with Gasteiger partial charge < -0.3 is 10.1 Å². The Bertz CT molecular complexity index is 418. The SMILES string of the molecule is N#CC1(NC(=O)[C@@H]2C[C@H]3C=C[C@@H]2C3)CCOCC1. The van der Waals surface area contributed by atoms with Crippen molar-refractivity contribution in [3.63, 3.8) is 0 Å². The number of amides is 1. The fourth-order valence-corrected chi connectivity index (χ4v) is 3.40. The van der Waals surface area contributed by atoms with Crippen molar-refractivity contribution in [2.24, 2.45) is 17.8 Å². The van der Waals surface area contributed by atoms with E-state index in [4.69, 9.17) is 4.74 Å². The Balaban J connectivity index is 1.67. The molecule has 0 aromatic carbocycles. The highest BCUT2D eigenvalue weighted by Gasteiger charge is 2.43. The highest BCUT2D eigenvalue weighted by molar-refractivity contribution is 5.81. The summed E-state index contributed by atoms with van der Waals surface area (Å²) < 4.78 is 5.27. The van der Waals surface area contributed by atoms with Gasteiger partial charge in [0.2, 0.25) is 5.91 Å². The first-order valence-corrected chi connectivity index (χ1v) is 6.72. The molecule has 1 aliphatic heterocycles. The lowest BCUT2D eigenvalue weighted by Gasteiger charge is -2.33. The predicted octanol–water partition coefficient (Wildman–Crippen LogP) is 1.39. The van der Waals surface area contributed by atoms with Crippen molar-refractivity contribution in [2.45, 2.75) is 31.2 Å². The molecular formula is C14H18N2O2. The van der Waals surface area contributed by atoms with Crippen LogP contribution in [0.4, 0.5) is 0 Å². The lowest BCUT2D eigenvalue weighted by Crippen LogP contribution is -2.53. The summed E-state index contributed by atoms with van der Waals surface area (Å²) in [5, 5.41) is 12.3. The van der Waals surface area contributed by atoms with Gasteiger partial charge in [0.05, 0.1) is 6.07 Å². The molecule has 3 atom stereocenters. The van der Waals surface area contributed by atoms with Gasteiger partial charge in [-0.3, -0.25) is 4.79 Å². The van der Waals surface area contributed by atoms with E-state index in [0.717, 1.165) is 12.8 Å². The summed E-state index contributed by atoms with van der Waals surface area (Å²) in [4.78, 5) is 12.3. The Morgan fingerprint density at radius 3 is 2.67 bits per heavy atom. The van der Waals surface area contributed by atoms with Crippen LogP contribution in [0.2, 0.25) is 0 Å². The monoisotopic (exact) mass is 246 g/mol. The molecule has 96 valence electrons. The third-order valence-electron chi connectivity index (χ3n) is 4.54. The molecule has 1 heterocycles. The molecule has 0 aromatic rings. The van der Waals surface area contributed by atoms with Crippen molar-refractivity contribution in [1.29, 1.82) is 5.26 Å². The van der Waals surface area contributed by atoms with Gasteiger partial charge >= 0.3 is 0 Å². The molecule has 1 saturated heterocycles. The van der Waals surface area contributed by atoms with Crippen LogP contribution in [0.25, 0.3) is 0 Å². The fourth-order valence-electron chi connectivity index (χ4n) is 3.40. The second kappa shape index (κ2) is 4.40. The first-order chi connectivity index (χ1) is 8.72. The largest absolute Gasteiger partial charge is 0.381 e. The van der Waals surface area contributed by atoms with E-state index in [1.165, 1.54) is 0 Å². The number of allylic oxidation sites excluding steroid dienone is 2. The van der Waals surface area contributed by atoms with Crippen molar-refractivity contribution < 1.29 is 9.53 Å². The molecule has 4 heteroatoms. The normalized spacial score (nSPS) is 36.3. The van der Waals surface area contributed by atoms with E-state index in [0.29, 0.717) is 37.9 Å². The van der Waals surface area contributed by atoms with Crippen LogP contribution in [0, 0.1) is 29.1 Å². The number of carbonyl (C=O) groups excluding carboxylic acids is 1. The minimum atomic E-state index is -0.694. The molecule has 0 unspecified atom stereocenters. The molecule has 4 nitrogen and oxygen atoms in total. The van der Waals surface area contributed by atoms with E-state index < -0.39 is 5.54 Å². The minimum absolute atomic E-state index is 0.0651. The maximum atomic E-state index is 12.3. The van der Waals surface area contributed by atoms with Gasteiger partial charge in [0.15, 0.2) is 0 Å². The fraction of sp³-hybridized carbons (Fsp3) is 0.714. The van der Waals surface area contributed by atoms with Crippen LogP contribution in [-0.4, -0.2) is 24.7 Å². The van der Waals surface area contributed by atoms with Crippen LogP contribution >= 0.6 is 0 Å². The molecule has 1 amide bonds. The Kier molecular flexibility index (Phi) is 2.87. The summed E-state index contributed by atoms with van der Waals surface area (Å²) in [5.74, 6) is 1.12. The second-order valence-corrected chi connectivity index (χ2v) is 5.68. The van der Waals surface area contributed by atoms with E-state index in [1.807, 2.05) is 0 Å². The smallest absolute Gasteiger partial charge is 0.224 e. The molecule has 0 spiro atoms. The quantitative estimate of drug-likeness (QED) is 0.749. The third-order valence-corrected chi connectivity index (χ3v) is 4.54. The van der Waals surface area contributed by atoms with Crippen LogP contribution in [0.15, 0.2) is 12.2 Å². The van der Waals surface area contributed by atoms with E-state index in [-0.39, 0.29) is 11.8 Å². The minimum Gasteiger partial charge on any atom is -0.381 e. The summed E-state index contributed by atoms with van der Waals surface area (Å²) in [6.07, 6.45) is 7.66. The highest BCUT2D eigenvalue weighted by Crippen LogP contribution is 2.43. The second-order valence-electron chi connectivity index (χ2n) is 5.68.